The van der Waals surface area contributed by atoms with E-state index in [0.717, 1.165) is 21.9 Å². The Morgan fingerprint density at radius 2 is 1.92 bits per heavy atom. The summed E-state index contributed by atoms with van der Waals surface area (Å²) in [6.07, 6.45) is 3.44. The second-order valence-corrected chi connectivity index (χ2v) is 5.90. The molecule has 0 aliphatic carbocycles. The van der Waals surface area contributed by atoms with Gasteiger partial charge in [-0.3, -0.25) is 4.79 Å². The highest BCUT2D eigenvalue weighted by Crippen LogP contribution is 2.15. The van der Waals surface area contributed by atoms with Crippen LogP contribution >= 0.6 is 15.9 Å². The zero-order chi connectivity index (χ0) is 16.9. The summed E-state index contributed by atoms with van der Waals surface area (Å²) in [5, 5.41) is 3.95. The van der Waals surface area contributed by atoms with Gasteiger partial charge in [0.2, 0.25) is 0 Å². The lowest BCUT2D eigenvalue weighted by atomic mass is 10.2. The fraction of sp³-hybridized carbons (Fsp3) is 0. The van der Waals surface area contributed by atoms with Crippen molar-refractivity contribution in [2.75, 3.05) is 0 Å². The Labute approximate surface area is 146 Å². The first-order valence-electron chi connectivity index (χ1n) is 7.16. The highest BCUT2D eigenvalue weighted by molar-refractivity contribution is 9.10. The Balaban J connectivity index is 1.73. The summed E-state index contributed by atoms with van der Waals surface area (Å²) in [6, 6.07) is 17.0. The van der Waals surface area contributed by atoms with Crippen molar-refractivity contribution in [2.45, 2.75) is 0 Å². The molecule has 0 saturated heterocycles. The topological polar surface area (TPSA) is 46.4 Å². The van der Waals surface area contributed by atoms with E-state index in [1.165, 1.54) is 18.2 Å². The Bertz CT molecular complexity index is 887. The molecule has 1 N–H and O–H groups in total. The minimum Gasteiger partial charge on any atom is -0.316 e. The number of benzene rings is 2. The van der Waals surface area contributed by atoms with Gasteiger partial charge in [-0.25, -0.2) is 9.82 Å². The van der Waals surface area contributed by atoms with E-state index < -0.39 is 11.7 Å². The molecule has 0 aliphatic rings. The van der Waals surface area contributed by atoms with Gasteiger partial charge in [0.15, 0.2) is 0 Å². The molecule has 2 aromatic carbocycles. The van der Waals surface area contributed by atoms with Gasteiger partial charge in [-0.2, -0.15) is 5.10 Å². The Kier molecular flexibility index (Phi) is 4.86. The quantitative estimate of drug-likeness (QED) is 0.532. The van der Waals surface area contributed by atoms with Crippen LogP contribution in [0.25, 0.3) is 5.69 Å². The van der Waals surface area contributed by atoms with Crippen LogP contribution in [0.5, 0.6) is 0 Å². The number of halogens is 2. The van der Waals surface area contributed by atoms with E-state index >= 15 is 0 Å². The van der Waals surface area contributed by atoms with E-state index in [9.17, 15) is 9.18 Å². The molecule has 24 heavy (non-hydrogen) atoms. The smallest absolute Gasteiger partial charge is 0.271 e. The first kappa shape index (κ1) is 16.1. The molecule has 0 atom stereocenters. The van der Waals surface area contributed by atoms with E-state index in [1.54, 1.807) is 6.21 Å². The van der Waals surface area contributed by atoms with Crippen molar-refractivity contribution in [1.29, 1.82) is 0 Å². The zero-order valence-electron chi connectivity index (χ0n) is 12.5. The molecule has 4 nitrogen and oxygen atoms in total. The summed E-state index contributed by atoms with van der Waals surface area (Å²) in [4.78, 5) is 11.9. The molecule has 0 bridgehead atoms. The maximum absolute atomic E-state index is 13.1. The number of rotatable bonds is 4. The highest BCUT2D eigenvalue weighted by atomic mass is 79.9. The summed E-state index contributed by atoms with van der Waals surface area (Å²) < 4.78 is 16.0. The standard InChI is InChI=1S/C18H13BrFN3O/c19-14-6-8-16(9-7-14)23-10-2-5-17(23)12-21-22-18(24)13-3-1-4-15(20)11-13/h1-12H,(H,22,24)/b21-12-. The number of nitrogens with one attached hydrogen (secondary N) is 1. The molecule has 0 radical (unpaired) electrons. The first-order valence-corrected chi connectivity index (χ1v) is 7.95. The maximum atomic E-state index is 13.1. The Hall–Kier alpha value is -2.73. The number of hydrogen-bond acceptors (Lipinski definition) is 2. The van der Waals surface area contributed by atoms with E-state index in [4.69, 9.17) is 0 Å². The molecule has 0 unspecified atom stereocenters. The minimum atomic E-state index is -0.465. The van der Waals surface area contributed by atoms with Crippen molar-refractivity contribution >= 4 is 28.1 Å². The van der Waals surface area contributed by atoms with Gasteiger partial charge < -0.3 is 4.57 Å². The molecule has 6 heteroatoms. The number of hydrazone groups is 1. The number of nitrogens with zero attached hydrogens (tertiary/aromatic N) is 2. The number of hydrogen-bond donors (Lipinski definition) is 1. The summed E-state index contributed by atoms with van der Waals surface area (Å²) >= 11 is 3.40. The molecular weight excluding hydrogens is 373 g/mol. The lowest BCUT2D eigenvalue weighted by Gasteiger charge is -2.06. The molecule has 3 aromatic rings. The molecule has 1 heterocycles. The maximum Gasteiger partial charge on any atom is 0.271 e. The normalized spacial score (nSPS) is 10.9. The van der Waals surface area contributed by atoms with Crippen molar-refractivity contribution in [3.63, 3.8) is 0 Å². The van der Waals surface area contributed by atoms with E-state index in [0.29, 0.717) is 0 Å². The Morgan fingerprint density at radius 3 is 2.67 bits per heavy atom. The van der Waals surface area contributed by atoms with Crippen LogP contribution in [0.2, 0.25) is 0 Å². The van der Waals surface area contributed by atoms with Crippen LogP contribution in [0.1, 0.15) is 16.1 Å². The van der Waals surface area contributed by atoms with Crippen LogP contribution in [-0.2, 0) is 0 Å². The molecule has 1 amide bonds. The van der Waals surface area contributed by atoms with Crippen molar-refractivity contribution < 1.29 is 9.18 Å². The van der Waals surface area contributed by atoms with Gasteiger partial charge in [0.25, 0.3) is 5.91 Å². The van der Waals surface area contributed by atoms with Crippen molar-refractivity contribution in [2.24, 2.45) is 5.10 Å². The number of aromatic nitrogens is 1. The van der Waals surface area contributed by atoms with Gasteiger partial charge in [-0.05, 0) is 54.6 Å². The van der Waals surface area contributed by atoms with Crippen LogP contribution < -0.4 is 5.43 Å². The zero-order valence-corrected chi connectivity index (χ0v) is 14.1. The van der Waals surface area contributed by atoms with E-state index in [2.05, 4.69) is 26.5 Å². The van der Waals surface area contributed by atoms with Gasteiger partial charge in [0.05, 0.1) is 11.9 Å². The Morgan fingerprint density at radius 1 is 1.12 bits per heavy atom. The van der Waals surface area contributed by atoms with E-state index in [1.807, 2.05) is 47.2 Å². The predicted molar refractivity (Wildman–Crippen MR) is 94.9 cm³/mol. The summed E-state index contributed by atoms with van der Waals surface area (Å²) in [5.74, 6) is -0.928. The molecule has 120 valence electrons. The summed E-state index contributed by atoms with van der Waals surface area (Å²) in [7, 11) is 0. The average Bonchev–Trinajstić information content (AvgIpc) is 3.04. The fourth-order valence-corrected chi connectivity index (χ4v) is 2.45. The lowest BCUT2D eigenvalue weighted by molar-refractivity contribution is 0.0954. The van der Waals surface area contributed by atoms with Gasteiger partial charge in [-0.1, -0.05) is 22.0 Å². The highest BCUT2D eigenvalue weighted by Gasteiger charge is 2.05. The molecule has 0 spiro atoms. The van der Waals surface area contributed by atoms with Gasteiger partial charge in [-0.15, -0.1) is 0 Å². The van der Waals surface area contributed by atoms with Crippen molar-refractivity contribution in [1.82, 2.24) is 9.99 Å². The van der Waals surface area contributed by atoms with Gasteiger partial charge in [0.1, 0.15) is 5.82 Å². The van der Waals surface area contributed by atoms with Crippen LogP contribution in [-0.4, -0.2) is 16.7 Å². The van der Waals surface area contributed by atoms with Crippen molar-refractivity contribution in [3.05, 3.63) is 88.4 Å². The third-order valence-electron chi connectivity index (χ3n) is 3.33. The summed E-state index contributed by atoms with van der Waals surface area (Å²) in [6.45, 7) is 0. The van der Waals surface area contributed by atoms with Gasteiger partial charge >= 0.3 is 0 Å². The van der Waals surface area contributed by atoms with Gasteiger partial charge in [0, 0.05) is 21.9 Å². The summed E-state index contributed by atoms with van der Waals surface area (Å²) in [5.41, 5.74) is 4.39. The second-order valence-electron chi connectivity index (χ2n) is 4.99. The van der Waals surface area contributed by atoms with E-state index in [-0.39, 0.29) is 5.56 Å². The number of amides is 1. The molecule has 0 aliphatic heterocycles. The molecule has 0 fully saturated rings. The van der Waals surface area contributed by atoms with Crippen LogP contribution in [0, 0.1) is 5.82 Å². The number of carbonyl (C=O) groups excluding carboxylic acids is 1. The first-order chi connectivity index (χ1) is 11.6. The average molecular weight is 386 g/mol. The predicted octanol–water partition coefficient (Wildman–Crippen LogP) is 4.14. The van der Waals surface area contributed by atoms with Crippen molar-refractivity contribution in [3.8, 4) is 5.69 Å². The molecule has 3 rings (SSSR count). The largest absolute Gasteiger partial charge is 0.316 e. The second kappa shape index (κ2) is 7.23. The molecule has 0 saturated carbocycles. The lowest BCUT2D eigenvalue weighted by Crippen LogP contribution is -2.18. The SMILES string of the molecule is O=C(N/N=C\c1cccn1-c1ccc(Br)cc1)c1cccc(F)c1. The monoisotopic (exact) mass is 385 g/mol. The minimum absolute atomic E-state index is 0.218. The van der Waals surface area contributed by atoms with Crippen LogP contribution in [0.15, 0.2) is 76.4 Å². The molecular formula is C18H13BrFN3O. The van der Waals surface area contributed by atoms with Crippen LogP contribution in [0.3, 0.4) is 0 Å². The number of carbonyl (C=O) groups is 1. The van der Waals surface area contributed by atoms with Crippen LogP contribution in [0.4, 0.5) is 4.39 Å². The molecule has 1 aromatic heterocycles. The third kappa shape index (κ3) is 3.78. The fourth-order valence-electron chi connectivity index (χ4n) is 2.19. The third-order valence-corrected chi connectivity index (χ3v) is 3.86.